The van der Waals surface area contributed by atoms with Crippen molar-refractivity contribution in [1.82, 2.24) is 4.98 Å². The van der Waals surface area contributed by atoms with Gasteiger partial charge < -0.3 is 11.5 Å². The van der Waals surface area contributed by atoms with Crippen molar-refractivity contribution in [3.05, 3.63) is 22.8 Å². The van der Waals surface area contributed by atoms with Gasteiger partial charge in [0.05, 0.1) is 5.02 Å². The maximum atomic E-state index is 6.03. The van der Waals surface area contributed by atoms with E-state index in [1.807, 2.05) is 0 Å². The van der Waals surface area contributed by atoms with Crippen LogP contribution in [0.4, 0.5) is 5.82 Å². The number of rotatable bonds is 4. The minimum absolute atomic E-state index is 0.0707. The fourth-order valence-electron chi connectivity index (χ4n) is 1.43. The molecule has 3 nitrogen and oxygen atoms in total. The highest BCUT2D eigenvalue weighted by molar-refractivity contribution is 6.30. The number of halogens is 1. The van der Waals surface area contributed by atoms with E-state index in [0.717, 1.165) is 18.4 Å². The van der Waals surface area contributed by atoms with Crippen LogP contribution in [0, 0.1) is 5.92 Å². The number of nitrogens with two attached hydrogens (primary N) is 2. The van der Waals surface area contributed by atoms with Gasteiger partial charge in [-0.05, 0) is 24.8 Å². The molecule has 0 amide bonds. The average Bonchev–Trinajstić information content (AvgIpc) is 2.18. The topological polar surface area (TPSA) is 64.9 Å². The number of hydrogen-bond acceptors (Lipinski definition) is 3. The highest BCUT2D eigenvalue weighted by Crippen LogP contribution is 2.24. The number of nitrogens with zero attached hydrogens (tertiary/aromatic N) is 1. The molecule has 0 aliphatic carbocycles. The summed E-state index contributed by atoms with van der Waals surface area (Å²) in [6.07, 6.45) is 3.52. The molecule has 1 unspecified atom stereocenters. The fourth-order valence-corrected chi connectivity index (χ4v) is 1.60. The van der Waals surface area contributed by atoms with Crippen molar-refractivity contribution in [3.8, 4) is 0 Å². The van der Waals surface area contributed by atoms with Crippen LogP contribution in [0.25, 0.3) is 0 Å². The summed E-state index contributed by atoms with van der Waals surface area (Å²) in [5.41, 5.74) is 12.6. The Morgan fingerprint density at radius 3 is 2.67 bits per heavy atom. The van der Waals surface area contributed by atoms with E-state index in [-0.39, 0.29) is 6.04 Å². The first-order valence-corrected chi connectivity index (χ1v) is 5.55. The fraction of sp³-hybridized carbons (Fsp3) is 0.545. The summed E-state index contributed by atoms with van der Waals surface area (Å²) >= 11 is 5.85. The molecule has 1 aromatic heterocycles. The van der Waals surface area contributed by atoms with Crippen LogP contribution < -0.4 is 11.5 Å². The predicted octanol–water partition coefficient (Wildman–Crippen LogP) is 2.75. The molecule has 1 rings (SSSR count). The second-order valence-electron chi connectivity index (χ2n) is 4.21. The van der Waals surface area contributed by atoms with Gasteiger partial charge in [-0.15, -0.1) is 0 Å². The minimum Gasteiger partial charge on any atom is -0.383 e. The first-order valence-electron chi connectivity index (χ1n) is 5.17. The third-order valence-electron chi connectivity index (χ3n) is 2.37. The molecule has 1 aromatic rings. The Morgan fingerprint density at radius 2 is 2.07 bits per heavy atom. The van der Waals surface area contributed by atoms with Crippen LogP contribution in [0.15, 0.2) is 12.3 Å². The van der Waals surface area contributed by atoms with Gasteiger partial charge in [-0.3, -0.25) is 0 Å². The van der Waals surface area contributed by atoms with E-state index in [1.54, 1.807) is 6.07 Å². The molecule has 0 aromatic carbocycles. The highest BCUT2D eigenvalue weighted by Gasteiger charge is 2.11. The molecule has 4 N–H and O–H groups in total. The molecule has 0 spiro atoms. The van der Waals surface area contributed by atoms with Crippen LogP contribution in [-0.2, 0) is 0 Å². The van der Waals surface area contributed by atoms with E-state index in [1.165, 1.54) is 6.20 Å². The van der Waals surface area contributed by atoms with Crippen LogP contribution in [0.3, 0.4) is 0 Å². The van der Waals surface area contributed by atoms with Crippen LogP contribution in [-0.4, -0.2) is 4.98 Å². The molecule has 0 saturated heterocycles. The molecule has 15 heavy (non-hydrogen) atoms. The molecule has 4 heteroatoms. The molecule has 0 saturated carbocycles. The normalized spacial score (nSPS) is 13.1. The van der Waals surface area contributed by atoms with Crippen molar-refractivity contribution in [1.29, 1.82) is 0 Å². The van der Waals surface area contributed by atoms with Gasteiger partial charge in [-0.2, -0.15) is 0 Å². The molecule has 1 heterocycles. The minimum atomic E-state index is -0.0707. The molecule has 84 valence electrons. The van der Waals surface area contributed by atoms with E-state index >= 15 is 0 Å². The molecule has 0 fully saturated rings. The third kappa shape index (κ3) is 3.68. The lowest BCUT2D eigenvalue weighted by Gasteiger charge is -2.15. The monoisotopic (exact) mass is 227 g/mol. The summed E-state index contributed by atoms with van der Waals surface area (Å²) in [6, 6.07) is 1.73. The zero-order chi connectivity index (χ0) is 11.4. The molecule has 1 atom stereocenters. The van der Waals surface area contributed by atoms with Crippen molar-refractivity contribution < 1.29 is 0 Å². The third-order valence-corrected chi connectivity index (χ3v) is 2.58. The van der Waals surface area contributed by atoms with Gasteiger partial charge in [0.25, 0.3) is 0 Å². The molecular formula is C11H18ClN3. The lowest BCUT2D eigenvalue weighted by Crippen LogP contribution is -2.14. The first kappa shape index (κ1) is 12.3. The largest absolute Gasteiger partial charge is 0.383 e. The Hall–Kier alpha value is -0.800. The van der Waals surface area contributed by atoms with Crippen LogP contribution in [0.2, 0.25) is 5.02 Å². The standard InChI is InChI=1S/C11H18ClN3/c1-7(2)3-4-10(13)9-5-8(12)6-15-11(9)14/h5-7,10H,3-4,13H2,1-2H3,(H2,14,15). The molecular weight excluding hydrogens is 210 g/mol. The van der Waals surface area contributed by atoms with Crippen molar-refractivity contribution in [2.45, 2.75) is 32.7 Å². The van der Waals surface area contributed by atoms with Gasteiger partial charge in [0.2, 0.25) is 0 Å². The van der Waals surface area contributed by atoms with E-state index in [2.05, 4.69) is 18.8 Å². The Labute approximate surface area is 95.8 Å². The Bertz CT molecular complexity index is 326. The Morgan fingerprint density at radius 1 is 1.40 bits per heavy atom. The van der Waals surface area contributed by atoms with Crippen molar-refractivity contribution >= 4 is 17.4 Å². The van der Waals surface area contributed by atoms with Crippen molar-refractivity contribution in [3.63, 3.8) is 0 Å². The van der Waals surface area contributed by atoms with Gasteiger partial charge in [-0.1, -0.05) is 25.4 Å². The van der Waals surface area contributed by atoms with Crippen LogP contribution >= 0.6 is 11.6 Å². The van der Waals surface area contributed by atoms with Crippen LogP contribution in [0.5, 0.6) is 0 Å². The average molecular weight is 228 g/mol. The Kier molecular flexibility index (Phi) is 4.36. The first-order chi connectivity index (χ1) is 7.00. The van der Waals surface area contributed by atoms with Gasteiger partial charge in [-0.25, -0.2) is 4.98 Å². The number of anilines is 1. The molecule has 0 aliphatic rings. The summed E-state index contributed by atoms with van der Waals surface area (Å²) in [5.74, 6) is 1.13. The zero-order valence-electron chi connectivity index (χ0n) is 9.20. The summed E-state index contributed by atoms with van der Waals surface area (Å²) in [5, 5.41) is 0.583. The maximum absolute atomic E-state index is 6.03. The van der Waals surface area contributed by atoms with Gasteiger partial charge >= 0.3 is 0 Å². The molecule has 0 aliphatic heterocycles. The number of aromatic nitrogens is 1. The predicted molar refractivity (Wildman–Crippen MR) is 64.7 cm³/mol. The summed E-state index contributed by atoms with van der Waals surface area (Å²) in [6.45, 7) is 4.35. The smallest absolute Gasteiger partial charge is 0.128 e. The van der Waals surface area contributed by atoms with E-state index < -0.39 is 0 Å². The van der Waals surface area contributed by atoms with E-state index in [0.29, 0.717) is 16.8 Å². The Balaban J connectivity index is 2.72. The number of nitrogen functional groups attached to an aromatic ring is 1. The zero-order valence-corrected chi connectivity index (χ0v) is 9.96. The summed E-state index contributed by atoms with van der Waals surface area (Å²) in [4.78, 5) is 3.99. The molecule has 0 bridgehead atoms. The lowest BCUT2D eigenvalue weighted by molar-refractivity contribution is 0.507. The van der Waals surface area contributed by atoms with Gasteiger partial charge in [0, 0.05) is 17.8 Å². The lowest BCUT2D eigenvalue weighted by atomic mass is 9.99. The van der Waals surface area contributed by atoms with Gasteiger partial charge in [0.1, 0.15) is 5.82 Å². The van der Waals surface area contributed by atoms with Crippen LogP contribution in [0.1, 0.15) is 38.3 Å². The second kappa shape index (κ2) is 5.33. The highest BCUT2D eigenvalue weighted by atomic mass is 35.5. The summed E-state index contributed by atoms with van der Waals surface area (Å²) < 4.78 is 0. The van der Waals surface area contributed by atoms with Gasteiger partial charge in [0.15, 0.2) is 0 Å². The van der Waals surface area contributed by atoms with Crippen molar-refractivity contribution in [2.24, 2.45) is 11.7 Å². The second-order valence-corrected chi connectivity index (χ2v) is 4.64. The SMILES string of the molecule is CC(C)CCC(N)c1cc(Cl)cnc1N. The van der Waals surface area contributed by atoms with Crippen molar-refractivity contribution in [2.75, 3.05) is 5.73 Å². The molecule has 0 radical (unpaired) electrons. The van der Waals surface area contributed by atoms with E-state index in [4.69, 9.17) is 23.1 Å². The van der Waals surface area contributed by atoms with E-state index in [9.17, 15) is 0 Å². The summed E-state index contributed by atoms with van der Waals surface area (Å²) in [7, 11) is 0. The quantitative estimate of drug-likeness (QED) is 0.831. The number of hydrogen-bond donors (Lipinski definition) is 2. The maximum Gasteiger partial charge on any atom is 0.128 e. The number of pyridine rings is 1.